The number of nitrogen functional groups attached to an aromatic ring is 3. The number of aromatic nitrogens is 20. The third-order valence-electron chi connectivity index (χ3n) is 15.7. The number of nitro groups is 3. The van der Waals surface area contributed by atoms with Crippen LogP contribution in [-0.2, 0) is 36.1 Å². The fraction of sp³-hybridized carbons (Fsp3) is 0.218. The van der Waals surface area contributed by atoms with E-state index in [1.807, 2.05) is 108 Å². The van der Waals surface area contributed by atoms with Gasteiger partial charge >= 0.3 is 24.2 Å². The molecule has 0 saturated heterocycles. The molecule has 0 aliphatic heterocycles. The molecule has 3 amide bonds. The number of aliphatic hydroxyl groups is 1. The van der Waals surface area contributed by atoms with Gasteiger partial charge in [0.15, 0.2) is 45.7 Å². The van der Waals surface area contributed by atoms with Gasteiger partial charge in [-0.2, -0.15) is 25.5 Å². The van der Waals surface area contributed by atoms with Crippen molar-refractivity contribution in [1.82, 2.24) is 104 Å². The van der Waals surface area contributed by atoms with Gasteiger partial charge in [0.25, 0.3) is 17.1 Å². The van der Waals surface area contributed by atoms with Crippen LogP contribution < -0.4 is 38.5 Å². The number of anilines is 7. The van der Waals surface area contributed by atoms with E-state index in [9.17, 15) is 53.9 Å². The SMILES string of the molecule is CC(C)(C)OC(=O)Nc1ncnc2c1c(I)nn2-c1cccc(N)c1.CC(C)(C)OC(=O)Nc1ncnc2c1c(I)nn2-c1cccc([N+](=O)[O-])c1.CN(C)C/C=C/C(=O)O.CNc1cccc(-n2nc(I)c3c(NC(=O)OC(C)(C)C)ncnc32)c1.CO.Cl.Nc1ncnc2c1c(I)nn2-c1cccc([N+](=O)[O-])c1.Nc1ncnc2n[nH]c(I)c12.O=[N+]([O-])c1cccc(F)c1.[Fe]. The van der Waals surface area contributed by atoms with E-state index in [2.05, 4.69) is 169 Å². The Balaban J connectivity index is 0.000000243. The van der Waals surface area contributed by atoms with Crippen LogP contribution in [0.2, 0.25) is 0 Å². The van der Waals surface area contributed by atoms with Crippen molar-refractivity contribution in [3.05, 3.63) is 220 Å². The summed E-state index contributed by atoms with van der Waals surface area (Å²) < 4.78 is 37.8. The number of aromatic amines is 1. The maximum atomic E-state index is 12.2. The zero-order valence-electron chi connectivity index (χ0n) is 71.5. The second-order valence-corrected chi connectivity index (χ2v) is 34.3. The smallest absolute Gasteiger partial charge is 0.413 e. The van der Waals surface area contributed by atoms with Gasteiger partial charge in [0.2, 0.25) is 0 Å². The summed E-state index contributed by atoms with van der Waals surface area (Å²) in [7, 11) is 6.62. The first kappa shape index (κ1) is 108. The van der Waals surface area contributed by atoms with E-state index < -0.39 is 61.6 Å². The van der Waals surface area contributed by atoms with Crippen LogP contribution in [-0.4, -0.2) is 205 Å². The molecule has 0 unspecified atom stereocenters. The minimum absolute atomic E-state index is 0. The summed E-state index contributed by atoms with van der Waals surface area (Å²) >= 11 is 10.3. The molecule has 15 rings (SSSR count). The first-order valence-electron chi connectivity index (χ1n) is 37.3. The molecule has 0 fully saturated rings. The number of non-ortho nitro benzene ring substituents is 3. The van der Waals surface area contributed by atoms with Crippen LogP contribution in [0.4, 0.5) is 76.3 Å². The summed E-state index contributed by atoms with van der Waals surface area (Å²) in [6, 6.07) is 31.9. The van der Waals surface area contributed by atoms with Crippen LogP contribution in [0.5, 0.6) is 0 Å². The van der Waals surface area contributed by atoms with Gasteiger partial charge in [0.05, 0.1) is 70.5 Å². The van der Waals surface area contributed by atoms with E-state index in [4.69, 9.17) is 41.6 Å². The first-order valence-corrected chi connectivity index (χ1v) is 42.7. The molecule has 5 aromatic carbocycles. The molecule has 54 heteroatoms. The van der Waals surface area contributed by atoms with E-state index in [1.54, 1.807) is 114 Å². The topological polar surface area (TPSA) is 624 Å². The molecule has 0 radical (unpaired) electrons. The van der Waals surface area contributed by atoms with Crippen molar-refractivity contribution in [3.63, 3.8) is 0 Å². The predicted molar refractivity (Wildman–Crippen MR) is 531 cm³/mol. The van der Waals surface area contributed by atoms with Crippen molar-refractivity contribution in [1.29, 1.82) is 0 Å². The molecule has 0 aliphatic rings. The quantitative estimate of drug-likeness (QED) is 0.00919. The molecule has 10 aromatic heterocycles. The number of aliphatic carboxylic acids is 1. The van der Waals surface area contributed by atoms with Gasteiger partial charge in [-0.25, -0.2) is 92.1 Å². The molecule has 0 bridgehead atoms. The second-order valence-electron chi connectivity index (χ2n) is 29.1. The van der Waals surface area contributed by atoms with Gasteiger partial charge in [0.1, 0.15) is 84.4 Å². The number of aliphatic hydroxyl groups excluding tert-OH is 1. The number of hydrogen-bond acceptors (Lipinski definition) is 34. The Morgan fingerprint density at radius 1 is 0.492 bits per heavy atom. The minimum Gasteiger partial charge on any atom is -0.478 e. The van der Waals surface area contributed by atoms with Gasteiger partial charge in [-0.05, 0) is 244 Å². The number of nitrogens with two attached hydrogens (primary N) is 3. The molecule has 0 spiro atoms. The van der Waals surface area contributed by atoms with Gasteiger partial charge in [0, 0.05) is 85.6 Å². The number of nitrogens with one attached hydrogen (secondary N) is 5. The van der Waals surface area contributed by atoms with Gasteiger partial charge in [-0.3, -0.25) is 51.4 Å². The van der Waals surface area contributed by atoms with E-state index in [0.717, 1.165) is 51.5 Å². The Labute approximate surface area is 833 Å². The van der Waals surface area contributed by atoms with E-state index in [-0.39, 0.29) is 52.4 Å². The number of amides is 3. The van der Waals surface area contributed by atoms with Crippen molar-refractivity contribution in [2.24, 2.45) is 0 Å². The number of hydrogen-bond donors (Lipinski definition) is 10. The largest absolute Gasteiger partial charge is 0.478 e. The molecule has 10 heterocycles. The fourth-order valence-corrected chi connectivity index (χ4v) is 14.1. The van der Waals surface area contributed by atoms with Crippen LogP contribution in [0.3, 0.4) is 0 Å². The molecule has 0 saturated carbocycles. The molecule has 15 aromatic rings. The first-order chi connectivity index (χ1) is 61.4. The van der Waals surface area contributed by atoms with Crippen LogP contribution >= 0.6 is 125 Å². The van der Waals surface area contributed by atoms with Crippen molar-refractivity contribution in [2.45, 2.75) is 79.1 Å². The minimum atomic E-state index is -0.892. The standard InChI is InChI=1S/C17H19IN6O2.C16H15IN6O4.C16H17IN6O2.C11H7IN6O2.C6H4FNO2.C6H11NO2.C5H4IN5.CH4O.ClH.Fe/c1-17(2,3)26-16(25)22-14-12-13(18)23-24(15(12)21-9-20-14)11-7-5-6-10(8-11)19-4;1-16(2,3)27-15(24)20-13-11-12(17)21-22(14(11)19-8-18-13)9-5-4-6-10(7-9)23(25)26;1-16(2,3)25-15(24)21-13-11-12(17)22-23(14(11)20-8-19-13)10-6-4-5-9(18)7-10;12-9-8-10(13)14-5-15-11(8)17(16-9)6-2-1-3-7(4-6)18(19)20;7-5-2-1-3-6(4-5)8(9)10;1-7(2)5-3-4-6(8)9;6-3-2-4(7)8-1-9-5(2)11-10-3;1-2;;/h5-9,19H,1-4H3,(H,20,21,22,25);4-8H,1-3H3,(H,18,19,20,24);4-8H,18H2,1-3H3,(H,19,20,21,24);1-5H,(H2,13,14,15);1-4H;3-4H,5H2,1-2H3,(H,8,9);1H,(H3,7,8,9,10,11);2H,1H3;1H;/b;;;;;4-3+;;;;. The zero-order valence-corrected chi connectivity index (χ0v) is 84.3. The Morgan fingerprint density at radius 2 is 0.826 bits per heavy atom. The number of carbonyl (C=O) groups is 4. The zero-order chi connectivity index (χ0) is 95.8. The maximum Gasteiger partial charge on any atom is 0.413 e. The van der Waals surface area contributed by atoms with Crippen molar-refractivity contribution in [3.8, 4) is 22.7 Å². The average molecular weight is 2440 g/mol. The Hall–Kier alpha value is -12.4. The van der Waals surface area contributed by atoms with Crippen molar-refractivity contribution < 1.29 is 79.8 Å². The van der Waals surface area contributed by atoms with Crippen LogP contribution in [0.25, 0.3) is 77.9 Å². The van der Waals surface area contributed by atoms with Crippen LogP contribution in [0, 0.1) is 54.7 Å². The number of carboxylic acids is 1. The number of H-pyrrole nitrogens is 1. The number of ether oxygens (including phenoxy) is 3. The Morgan fingerprint density at radius 3 is 1.17 bits per heavy atom. The van der Waals surface area contributed by atoms with E-state index in [1.165, 1.54) is 77.4 Å². The number of nitro benzene ring substituents is 3. The summed E-state index contributed by atoms with van der Waals surface area (Å²) in [5.41, 5.74) is 22.0. The molecule has 0 atom stereocenters. The predicted octanol–water partition coefficient (Wildman–Crippen LogP) is 15.2. The van der Waals surface area contributed by atoms with E-state index >= 15 is 0 Å². The molecule has 696 valence electrons. The summed E-state index contributed by atoms with van der Waals surface area (Å²) in [6.07, 6.45) is 7.71. The Kier molecular flexibility index (Phi) is 40.4. The van der Waals surface area contributed by atoms with Gasteiger partial charge < -0.3 is 51.8 Å². The fourth-order valence-electron chi connectivity index (χ4n) is 10.6. The number of carbonyl (C=O) groups excluding carboxylic acids is 3. The Bertz CT molecular complexity index is 6650. The summed E-state index contributed by atoms with van der Waals surface area (Å²) in [6.45, 7) is 16.7. The summed E-state index contributed by atoms with van der Waals surface area (Å²) in [5.74, 6) is 0.272. The third-order valence-corrected chi connectivity index (χ3v) is 19.5. The van der Waals surface area contributed by atoms with E-state index in [0.29, 0.717) is 111 Å². The maximum absolute atomic E-state index is 12.2. The molecule has 0 aliphatic carbocycles. The number of rotatable bonds is 14. The van der Waals surface area contributed by atoms with Crippen LogP contribution in [0.15, 0.2) is 165 Å². The number of likely N-dealkylation sites (N-methyl/N-ethyl adjacent to an activating group) is 1. The third kappa shape index (κ3) is 30.9. The molecular formula is C78H82ClFFeI5N31O15. The number of benzene rings is 5. The summed E-state index contributed by atoms with van der Waals surface area (Å²) in [5, 5.41) is 85.7. The number of nitrogens with zero attached hydrogens (tertiary/aromatic N) is 23. The van der Waals surface area contributed by atoms with Crippen LogP contribution in [0.1, 0.15) is 62.3 Å². The van der Waals surface area contributed by atoms with Crippen molar-refractivity contribution >= 4 is 262 Å². The van der Waals surface area contributed by atoms with Crippen molar-refractivity contribution in [2.75, 3.05) is 73.3 Å². The molecule has 132 heavy (non-hydrogen) atoms. The molecule has 46 nitrogen and oxygen atoms in total. The average Bonchev–Trinajstić information content (AvgIpc) is 1.63. The normalized spacial score (nSPS) is 10.8. The van der Waals surface area contributed by atoms with Gasteiger partial charge in [-0.15, -0.1) is 12.4 Å². The summed E-state index contributed by atoms with van der Waals surface area (Å²) in [4.78, 5) is 119. The number of halogens is 7. The number of fused-ring (bicyclic) bond motifs is 5. The number of carboxylic acid groups (broad SMARTS) is 1. The molecular weight excluding hydrogens is 2360 g/mol. The van der Waals surface area contributed by atoms with Gasteiger partial charge in [-0.1, -0.05) is 36.4 Å². The monoisotopic (exact) mass is 2440 g/mol. The molecule has 13 N–H and O–H groups in total. The second kappa shape index (κ2) is 49.2.